The minimum Gasteiger partial charge on any atom is -0.357 e. The first-order valence-corrected chi connectivity index (χ1v) is 9.19. The van der Waals surface area contributed by atoms with E-state index in [2.05, 4.69) is 27.9 Å². The summed E-state index contributed by atoms with van der Waals surface area (Å²) in [5.41, 5.74) is 0.674. The number of benzene rings is 1. The predicted octanol–water partition coefficient (Wildman–Crippen LogP) is 2.62. The summed E-state index contributed by atoms with van der Waals surface area (Å²) in [5.74, 6) is 0.338. The summed E-state index contributed by atoms with van der Waals surface area (Å²) >= 11 is 0. The van der Waals surface area contributed by atoms with Crippen molar-refractivity contribution < 1.29 is 9.18 Å². The number of aliphatic imine (C=N–C) groups is 1. The van der Waals surface area contributed by atoms with Gasteiger partial charge in [-0.25, -0.2) is 4.39 Å². The van der Waals surface area contributed by atoms with Gasteiger partial charge in [0.15, 0.2) is 5.96 Å². The summed E-state index contributed by atoms with van der Waals surface area (Å²) in [5, 5.41) is 9.22. The Kier molecular flexibility index (Phi) is 11.1. The lowest BCUT2D eigenvalue weighted by Gasteiger charge is -2.12. The van der Waals surface area contributed by atoms with Crippen LogP contribution in [0.1, 0.15) is 45.1 Å². The van der Waals surface area contributed by atoms with Crippen LogP contribution >= 0.6 is 0 Å². The van der Waals surface area contributed by atoms with Gasteiger partial charge in [0.2, 0.25) is 5.91 Å². The Morgan fingerprint density at radius 2 is 1.88 bits per heavy atom. The van der Waals surface area contributed by atoms with Gasteiger partial charge in [-0.1, -0.05) is 38.3 Å². The molecule has 0 spiro atoms. The van der Waals surface area contributed by atoms with Gasteiger partial charge >= 0.3 is 0 Å². The van der Waals surface area contributed by atoms with Crippen molar-refractivity contribution in [3.8, 4) is 0 Å². The molecule has 5 nitrogen and oxygen atoms in total. The SMILES string of the molecule is CCCCCCN=C(NCC)NCCNC(=O)Cc1cccc(F)c1. The first-order chi connectivity index (χ1) is 12.2. The van der Waals surface area contributed by atoms with Gasteiger partial charge < -0.3 is 16.0 Å². The topological polar surface area (TPSA) is 65.5 Å². The van der Waals surface area contributed by atoms with Crippen molar-refractivity contribution in [2.45, 2.75) is 46.0 Å². The molecule has 1 amide bonds. The number of nitrogens with zero attached hydrogens (tertiary/aromatic N) is 1. The molecule has 25 heavy (non-hydrogen) atoms. The number of carbonyl (C=O) groups excluding carboxylic acids is 1. The van der Waals surface area contributed by atoms with E-state index < -0.39 is 0 Å². The first kappa shape index (κ1) is 20.9. The molecular formula is C19H31FN4O. The van der Waals surface area contributed by atoms with Crippen molar-refractivity contribution in [1.82, 2.24) is 16.0 Å². The highest BCUT2D eigenvalue weighted by Crippen LogP contribution is 2.03. The van der Waals surface area contributed by atoms with Gasteiger partial charge in [-0.3, -0.25) is 9.79 Å². The van der Waals surface area contributed by atoms with Crippen LogP contribution in [0, 0.1) is 5.82 Å². The summed E-state index contributed by atoms with van der Waals surface area (Å²) < 4.78 is 13.1. The lowest BCUT2D eigenvalue weighted by molar-refractivity contribution is -0.120. The van der Waals surface area contributed by atoms with Crippen molar-refractivity contribution in [2.24, 2.45) is 4.99 Å². The fourth-order valence-electron chi connectivity index (χ4n) is 2.35. The van der Waals surface area contributed by atoms with Gasteiger partial charge in [-0.15, -0.1) is 0 Å². The molecule has 0 fully saturated rings. The second kappa shape index (κ2) is 13.2. The number of hydrogen-bond acceptors (Lipinski definition) is 2. The van der Waals surface area contributed by atoms with Gasteiger partial charge in [-0.05, 0) is 31.0 Å². The summed E-state index contributed by atoms with van der Waals surface area (Å²) in [6.45, 7) is 6.91. The number of rotatable bonds is 11. The second-order valence-electron chi connectivity index (χ2n) is 5.90. The van der Waals surface area contributed by atoms with Gasteiger partial charge in [0.25, 0.3) is 0 Å². The Morgan fingerprint density at radius 1 is 1.08 bits per heavy atom. The maximum Gasteiger partial charge on any atom is 0.224 e. The summed E-state index contributed by atoms with van der Waals surface area (Å²) in [7, 11) is 0. The Hall–Kier alpha value is -2.11. The van der Waals surface area contributed by atoms with Crippen LogP contribution in [0.2, 0.25) is 0 Å². The van der Waals surface area contributed by atoms with Gasteiger partial charge in [0.05, 0.1) is 6.42 Å². The first-order valence-electron chi connectivity index (χ1n) is 9.19. The summed E-state index contributed by atoms with van der Waals surface area (Å²) in [6, 6.07) is 6.11. The molecule has 0 aromatic heterocycles. The van der Waals surface area contributed by atoms with Gasteiger partial charge in [0, 0.05) is 26.2 Å². The molecule has 0 atom stereocenters. The molecule has 1 rings (SSSR count). The zero-order valence-electron chi connectivity index (χ0n) is 15.4. The average Bonchev–Trinajstić information content (AvgIpc) is 2.58. The molecule has 140 valence electrons. The number of unbranched alkanes of at least 4 members (excludes halogenated alkanes) is 3. The highest BCUT2D eigenvalue weighted by molar-refractivity contribution is 5.80. The van der Waals surface area contributed by atoms with E-state index >= 15 is 0 Å². The van der Waals surface area contributed by atoms with Crippen molar-refractivity contribution in [2.75, 3.05) is 26.2 Å². The van der Waals surface area contributed by atoms with E-state index in [1.165, 1.54) is 31.4 Å². The average molecular weight is 350 g/mol. The van der Waals surface area contributed by atoms with Crippen LogP contribution in [-0.2, 0) is 11.2 Å². The van der Waals surface area contributed by atoms with Crippen molar-refractivity contribution in [1.29, 1.82) is 0 Å². The van der Waals surface area contributed by atoms with Gasteiger partial charge in [-0.2, -0.15) is 0 Å². The molecule has 0 heterocycles. The van der Waals surface area contributed by atoms with Crippen molar-refractivity contribution in [3.63, 3.8) is 0 Å². The maximum absolute atomic E-state index is 13.1. The Morgan fingerprint density at radius 3 is 2.60 bits per heavy atom. The molecule has 6 heteroatoms. The van der Waals surface area contributed by atoms with Crippen molar-refractivity contribution in [3.05, 3.63) is 35.6 Å². The molecule has 0 bridgehead atoms. The molecule has 0 saturated carbocycles. The third kappa shape index (κ3) is 10.4. The number of guanidine groups is 1. The van der Waals surface area contributed by atoms with E-state index in [4.69, 9.17) is 0 Å². The molecule has 0 aliphatic rings. The second-order valence-corrected chi connectivity index (χ2v) is 5.90. The van der Waals surface area contributed by atoms with Crippen LogP contribution in [0.15, 0.2) is 29.3 Å². The number of hydrogen-bond donors (Lipinski definition) is 3. The van der Waals surface area contributed by atoms with E-state index in [0.717, 1.165) is 25.5 Å². The fourth-order valence-corrected chi connectivity index (χ4v) is 2.35. The van der Waals surface area contributed by atoms with E-state index in [9.17, 15) is 9.18 Å². The standard InChI is InChI=1S/C19H31FN4O/c1-3-5-6-7-11-23-19(21-4-2)24-13-12-22-18(25)15-16-9-8-10-17(20)14-16/h8-10,14H,3-7,11-13,15H2,1-2H3,(H,22,25)(H2,21,23,24). The van der Waals surface area contributed by atoms with Gasteiger partial charge in [0.1, 0.15) is 5.82 Å². The zero-order chi connectivity index (χ0) is 18.3. The summed E-state index contributed by atoms with van der Waals surface area (Å²) in [6.07, 6.45) is 4.95. The van der Waals surface area contributed by atoms with E-state index in [1.807, 2.05) is 6.92 Å². The smallest absolute Gasteiger partial charge is 0.224 e. The minimum absolute atomic E-state index is 0.117. The number of carbonyl (C=O) groups is 1. The Balaban J connectivity index is 2.23. The zero-order valence-corrected chi connectivity index (χ0v) is 15.4. The highest BCUT2D eigenvalue weighted by atomic mass is 19.1. The third-order valence-electron chi connectivity index (χ3n) is 3.62. The number of amides is 1. The largest absolute Gasteiger partial charge is 0.357 e. The maximum atomic E-state index is 13.1. The lowest BCUT2D eigenvalue weighted by atomic mass is 10.1. The molecule has 3 N–H and O–H groups in total. The molecule has 0 aliphatic carbocycles. The quantitative estimate of drug-likeness (QED) is 0.326. The molecule has 0 aliphatic heterocycles. The number of halogens is 1. The molecule has 0 radical (unpaired) electrons. The van der Waals surface area contributed by atoms with Crippen LogP contribution in [-0.4, -0.2) is 38.0 Å². The highest BCUT2D eigenvalue weighted by Gasteiger charge is 2.04. The Bertz CT molecular complexity index is 534. The van der Waals surface area contributed by atoms with E-state index in [0.29, 0.717) is 18.7 Å². The van der Waals surface area contributed by atoms with Crippen LogP contribution in [0.3, 0.4) is 0 Å². The van der Waals surface area contributed by atoms with E-state index in [-0.39, 0.29) is 18.1 Å². The molecule has 0 saturated heterocycles. The molecule has 1 aromatic carbocycles. The monoisotopic (exact) mass is 350 g/mol. The fraction of sp³-hybridized carbons (Fsp3) is 0.579. The van der Waals surface area contributed by atoms with E-state index in [1.54, 1.807) is 12.1 Å². The van der Waals surface area contributed by atoms with Crippen LogP contribution in [0.5, 0.6) is 0 Å². The Labute approximate surface area is 150 Å². The molecule has 1 aromatic rings. The molecule has 0 unspecified atom stereocenters. The minimum atomic E-state index is -0.322. The van der Waals surface area contributed by atoms with Crippen LogP contribution in [0.4, 0.5) is 4.39 Å². The summed E-state index contributed by atoms with van der Waals surface area (Å²) in [4.78, 5) is 16.4. The van der Waals surface area contributed by atoms with Crippen LogP contribution < -0.4 is 16.0 Å². The van der Waals surface area contributed by atoms with Crippen molar-refractivity contribution >= 4 is 11.9 Å². The molecular weight excluding hydrogens is 319 g/mol. The predicted molar refractivity (Wildman–Crippen MR) is 101 cm³/mol. The third-order valence-corrected chi connectivity index (χ3v) is 3.62. The lowest BCUT2D eigenvalue weighted by Crippen LogP contribution is -2.41. The normalized spacial score (nSPS) is 11.2. The van der Waals surface area contributed by atoms with Crippen LogP contribution in [0.25, 0.3) is 0 Å². The number of nitrogens with one attached hydrogen (secondary N) is 3.